The molecule has 0 unspecified atom stereocenters. The summed E-state index contributed by atoms with van der Waals surface area (Å²) in [7, 11) is -2.19. The molecule has 7 heteroatoms. The highest BCUT2D eigenvalue weighted by molar-refractivity contribution is 7.86. The van der Waals surface area contributed by atoms with Gasteiger partial charge in [-0.1, -0.05) is 0 Å². The van der Waals surface area contributed by atoms with Gasteiger partial charge in [-0.25, -0.2) is 0 Å². The third-order valence-corrected chi connectivity index (χ3v) is 4.97. The monoisotopic (exact) mass is 264 g/mol. The average Bonchev–Trinajstić information content (AvgIpc) is 2.98. The van der Waals surface area contributed by atoms with Crippen LogP contribution in [0, 0.1) is 5.92 Å². The number of hydrogen-bond acceptors (Lipinski definition) is 3. The first kappa shape index (κ1) is 14.4. The summed E-state index contributed by atoms with van der Waals surface area (Å²) in [5, 5.41) is 8.78. The summed E-state index contributed by atoms with van der Waals surface area (Å²) in [6.07, 6.45) is 1.97. The van der Waals surface area contributed by atoms with E-state index < -0.39 is 22.7 Å². The first-order chi connectivity index (χ1) is 7.75. The predicted molar refractivity (Wildman–Crippen MR) is 63.8 cm³/mol. The Kier molecular flexibility index (Phi) is 4.51. The minimum Gasteiger partial charge on any atom is -0.480 e. The number of aliphatic carboxylic acids is 1. The maximum Gasteiger partial charge on any atom is 0.318 e. The molecule has 0 radical (unpaired) electrons. The first-order valence-corrected chi connectivity index (χ1v) is 7.09. The molecule has 0 spiro atoms. The predicted octanol–water partition coefficient (Wildman–Crippen LogP) is 0.368. The fourth-order valence-corrected chi connectivity index (χ4v) is 3.00. The van der Waals surface area contributed by atoms with Crippen LogP contribution in [-0.4, -0.2) is 54.3 Å². The van der Waals surface area contributed by atoms with Crippen molar-refractivity contribution < 1.29 is 18.3 Å². The molecule has 0 aromatic rings. The standard InChI is InChI=1S/C10H20N2O4S/c1-8(2)11(3)17(15,16)12(7-10(13)14)6-9-4-5-9/h8-9H,4-7H2,1-3H3,(H,13,14). The molecule has 0 amide bonds. The van der Waals surface area contributed by atoms with Gasteiger partial charge in [0.1, 0.15) is 6.54 Å². The zero-order chi connectivity index (χ0) is 13.2. The molecule has 0 saturated heterocycles. The molecule has 1 rings (SSSR count). The van der Waals surface area contributed by atoms with Crippen LogP contribution in [0.1, 0.15) is 26.7 Å². The smallest absolute Gasteiger partial charge is 0.318 e. The van der Waals surface area contributed by atoms with Crippen molar-refractivity contribution in [3.8, 4) is 0 Å². The van der Waals surface area contributed by atoms with Gasteiger partial charge in [0, 0.05) is 19.6 Å². The Morgan fingerprint density at radius 3 is 2.29 bits per heavy atom. The Hall–Kier alpha value is -0.660. The SMILES string of the molecule is CC(C)N(C)S(=O)(=O)N(CC(=O)O)CC1CC1. The molecule has 1 aliphatic rings. The number of carboxylic acids is 1. The second kappa shape index (κ2) is 5.32. The summed E-state index contributed by atoms with van der Waals surface area (Å²) in [4.78, 5) is 10.7. The molecule has 1 saturated carbocycles. The van der Waals surface area contributed by atoms with Crippen LogP contribution in [0.2, 0.25) is 0 Å². The van der Waals surface area contributed by atoms with Gasteiger partial charge in [-0.3, -0.25) is 4.79 Å². The lowest BCUT2D eigenvalue weighted by molar-refractivity contribution is -0.137. The molecule has 100 valence electrons. The van der Waals surface area contributed by atoms with Crippen LogP contribution in [0.15, 0.2) is 0 Å². The van der Waals surface area contributed by atoms with Crippen molar-refractivity contribution in [2.75, 3.05) is 20.1 Å². The van der Waals surface area contributed by atoms with E-state index in [0.29, 0.717) is 12.5 Å². The van der Waals surface area contributed by atoms with Gasteiger partial charge in [0.15, 0.2) is 0 Å². The quantitative estimate of drug-likeness (QED) is 0.720. The summed E-state index contributed by atoms with van der Waals surface area (Å²) in [6, 6.07) is -0.185. The summed E-state index contributed by atoms with van der Waals surface area (Å²) < 4.78 is 26.6. The molecule has 1 fully saturated rings. The second-order valence-corrected chi connectivity index (χ2v) is 6.74. The topological polar surface area (TPSA) is 77.9 Å². The van der Waals surface area contributed by atoms with Gasteiger partial charge in [-0.15, -0.1) is 0 Å². The zero-order valence-electron chi connectivity index (χ0n) is 10.5. The van der Waals surface area contributed by atoms with Crippen LogP contribution in [0.5, 0.6) is 0 Å². The minimum absolute atomic E-state index is 0.185. The van der Waals surface area contributed by atoms with Gasteiger partial charge in [-0.05, 0) is 32.6 Å². The van der Waals surface area contributed by atoms with Gasteiger partial charge < -0.3 is 5.11 Å². The molecule has 0 aliphatic heterocycles. The number of carboxylic acid groups (broad SMARTS) is 1. The van der Waals surface area contributed by atoms with E-state index in [1.54, 1.807) is 13.8 Å². The highest BCUT2D eigenvalue weighted by Crippen LogP contribution is 2.30. The molecule has 1 aliphatic carbocycles. The van der Waals surface area contributed by atoms with Crippen molar-refractivity contribution in [3.05, 3.63) is 0 Å². The number of carbonyl (C=O) groups is 1. The lowest BCUT2D eigenvalue weighted by Crippen LogP contribution is -2.47. The molecule has 1 N–H and O–H groups in total. The highest BCUT2D eigenvalue weighted by Gasteiger charge is 2.34. The minimum atomic E-state index is -3.66. The number of hydrogen-bond donors (Lipinski definition) is 1. The Bertz CT molecular complexity index is 376. The lowest BCUT2D eigenvalue weighted by atomic mass is 10.4. The van der Waals surface area contributed by atoms with E-state index >= 15 is 0 Å². The van der Waals surface area contributed by atoms with Crippen LogP contribution in [-0.2, 0) is 15.0 Å². The molecule has 0 bridgehead atoms. The van der Waals surface area contributed by atoms with E-state index in [1.165, 1.54) is 11.4 Å². The van der Waals surface area contributed by atoms with Crippen LogP contribution in [0.4, 0.5) is 0 Å². The number of nitrogens with zero attached hydrogens (tertiary/aromatic N) is 2. The van der Waals surface area contributed by atoms with E-state index in [1.807, 2.05) is 0 Å². The van der Waals surface area contributed by atoms with E-state index in [9.17, 15) is 13.2 Å². The van der Waals surface area contributed by atoms with Crippen molar-refractivity contribution in [2.24, 2.45) is 5.92 Å². The molecular formula is C10H20N2O4S. The molecular weight excluding hydrogens is 244 g/mol. The zero-order valence-corrected chi connectivity index (χ0v) is 11.3. The van der Waals surface area contributed by atoms with E-state index in [4.69, 9.17) is 5.11 Å². The molecule has 0 heterocycles. The van der Waals surface area contributed by atoms with Crippen molar-refractivity contribution >= 4 is 16.2 Å². The van der Waals surface area contributed by atoms with Crippen LogP contribution in [0.25, 0.3) is 0 Å². The largest absolute Gasteiger partial charge is 0.480 e. The maximum atomic E-state index is 12.2. The molecule has 0 aromatic carbocycles. The van der Waals surface area contributed by atoms with E-state index in [2.05, 4.69) is 0 Å². The summed E-state index contributed by atoms with van der Waals surface area (Å²) in [5.74, 6) is -0.795. The van der Waals surface area contributed by atoms with Gasteiger partial charge in [0.25, 0.3) is 10.2 Å². The Morgan fingerprint density at radius 2 is 1.94 bits per heavy atom. The van der Waals surface area contributed by atoms with Gasteiger partial charge in [0.05, 0.1) is 0 Å². The maximum absolute atomic E-state index is 12.2. The first-order valence-electron chi connectivity index (χ1n) is 5.70. The van der Waals surface area contributed by atoms with Crippen LogP contribution < -0.4 is 0 Å². The van der Waals surface area contributed by atoms with Crippen molar-refractivity contribution in [1.82, 2.24) is 8.61 Å². The van der Waals surface area contributed by atoms with Crippen molar-refractivity contribution in [2.45, 2.75) is 32.7 Å². The van der Waals surface area contributed by atoms with E-state index in [0.717, 1.165) is 17.1 Å². The van der Waals surface area contributed by atoms with E-state index in [-0.39, 0.29) is 6.04 Å². The van der Waals surface area contributed by atoms with Crippen LogP contribution >= 0.6 is 0 Å². The summed E-state index contributed by atoms with van der Waals surface area (Å²) >= 11 is 0. The fraction of sp³-hybridized carbons (Fsp3) is 0.900. The third-order valence-electron chi connectivity index (χ3n) is 2.89. The fourth-order valence-electron chi connectivity index (χ4n) is 1.43. The summed E-state index contributed by atoms with van der Waals surface area (Å²) in [5.41, 5.74) is 0. The van der Waals surface area contributed by atoms with Gasteiger partial charge >= 0.3 is 5.97 Å². The van der Waals surface area contributed by atoms with Crippen molar-refractivity contribution in [3.63, 3.8) is 0 Å². The highest BCUT2D eigenvalue weighted by atomic mass is 32.2. The lowest BCUT2D eigenvalue weighted by Gasteiger charge is -2.28. The normalized spacial score (nSPS) is 17.1. The Labute approximate surface area is 102 Å². The number of rotatable bonds is 7. The Morgan fingerprint density at radius 1 is 1.41 bits per heavy atom. The summed E-state index contributed by atoms with van der Waals surface area (Å²) in [6.45, 7) is 3.36. The average molecular weight is 264 g/mol. The van der Waals surface area contributed by atoms with Crippen molar-refractivity contribution in [1.29, 1.82) is 0 Å². The second-order valence-electron chi connectivity index (χ2n) is 4.75. The molecule has 0 atom stereocenters. The van der Waals surface area contributed by atoms with Gasteiger partial charge in [-0.2, -0.15) is 17.0 Å². The molecule has 17 heavy (non-hydrogen) atoms. The Balaban J connectivity index is 2.82. The molecule has 0 aromatic heterocycles. The third kappa shape index (κ3) is 3.93. The molecule has 6 nitrogen and oxygen atoms in total. The van der Waals surface area contributed by atoms with Crippen LogP contribution in [0.3, 0.4) is 0 Å². The van der Waals surface area contributed by atoms with Gasteiger partial charge in [0.2, 0.25) is 0 Å².